The summed E-state index contributed by atoms with van der Waals surface area (Å²) in [5.41, 5.74) is 0. The van der Waals surface area contributed by atoms with Crippen LogP contribution in [0.1, 0.15) is 43.2 Å². The Kier molecular flexibility index (Phi) is 2.96. The highest BCUT2D eigenvalue weighted by molar-refractivity contribution is 7.09. The summed E-state index contributed by atoms with van der Waals surface area (Å²) >= 11 is 1.55. The molecule has 1 fully saturated rings. The molecule has 1 aromatic rings. The van der Waals surface area contributed by atoms with Crippen molar-refractivity contribution in [1.82, 2.24) is 4.98 Å². The quantitative estimate of drug-likeness (QED) is 0.808. The van der Waals surface area contributed by atoms with E-state index in [0.717, 1.165) is 17.3 Å². The summed E-state index contributed by atoms with van der Waals surface area (Å²) in [6.45, 7) is 0. The Morgan fingerprint density at radius 3 is 2.92 bits per heavy atom. The van der Waals surface area contributed by atoms with Crippen LogP contribution in [0.4, 0.5) is 0 Å². The van der Waals surface area contributed by atoms with E-state index in [2.05, 4.69) is 4.98 Å². The summed E-state index contributed by atoms with van der Waals surface area (Å²) < 4.78 is 0. The maximum absolute atomic E-state index is 9.82. The van der Waals surface area contributed by atoms with Crippen molar-refractivity contribution in [3.05, 3.63) is 16.6 Å². The van der Waals surface area contributed by atoms with Gasteiger partial charge < -0.3 is 5.11 Å². The van der Waals surface area contributed by atoms with Crippen LogP contribution in [0.15, 0.2) is 11.6 Å². The molecule has 72 valence electrons. The number of thiazole rings is 1. The summed E-state index contributed by atoms with van der Waals surface area (Å²) in [4.78, 5) is 4.13. The van der Waals surface area contributed by atoms with Gasteiger partial charge in [0.2, 0.25) is 0 Å². The standard InChI is InChI=1S/C10H15NOS/c12-9(10-11-5-6-13-10)7-8-3-1-2-4-8/h5-6,8-9,12H,1-4,7H2. The van der Waals surface area contributed by atoms with Gasteiger partial charge >= 0.3 is 0 Å². The molecule has 0 radical (unpaired) electrons. The first-order chi connectivity index (χ1) is 6.36. The molecule has 0 aliphatic heterocycles. The van der Waals surface area contributed by atoms with E-state index < -0.39 is 0 Å². The minimum absolute atomic E-state index is 0.317. The summed E-state index contributed by atoms with van der Waals surface area (Å²) in [5.74, 6) is 0.735. The van der Waals surface area contributed by atoms with E-state index in [0.29, 0.717) is 0 Å². The Morgan fingerprint density at radius 2 is 2.31 bits per heavy atom. The van der Waals surface area contributed by atoms with Crippen LogP contribution in [-0.2, 0) is 0 Å². The second-order valence-corrected chi connectivity index (χ2v) is 4.70. The minimum Gasteiger partial charge on any atom is -0.386 e. The lowest BCUT2D eigenvalue weighted by Crippen LogP contribution is -2.03. The zero-order valence-corrected chi connectivity index (χ0v) is 8.46. The Balaban J connectivity index is 1.87. The van der Waals surface area contributed by atoms with Gasteiger partial charge in [0.1, 0.15) is 11.1 Å². The monoisotopic (exact) mass is 197 g/mol. The van der Waals surface area contributed by atoms with Gasteiger partial charge in [0.25, 0.3) is 0 Å². The van der Waals surface area contributed by atoms with Crippen molar-refractivity contribution in [3.63, 3.8) is 0 Å². The molecule has 0 aromatic carbocycles. The average molecular weight is 197 g/mol. The van der Waals surface area contributed by atoms with Gasteiger partial charge in [-0.2, -0.15) is 0 Å². The maximum atomic E-state index is 9.82. The fourth-order valence-corrected chi connectivity index (χ4v) is 2.70. The summed E-state index contributed by atoms with van der Waals surface area (Å²) in [7, 11) is 0. The second kappa shape index (κ2) is 4.20. The number of rotatable bonds is 3. The third kappa shape index (κ3) is 2.29. The Bertz CT molecular complexity index is 241. The molecule has 0 spiro atoms. The molecule has 1 atom stereocenters. The van der Waals surface area contributed by atoms with Crippen LogP contribution in [0.25, 0.3) is 0 Å². The van der Waals surface area contributed by atoms with Gasteiger partial charge in [0.15, 0.2) is 0 Å². The number of hydrogen-bond donors (Lipinski definition) is 1. The van der Waals surface area contributed by atoms with E-state index in [1.165, 1.54) is 25.7 Å². The molecule has 1 aliphatic carbocycles. The van der Waals surface area contributed by atoms with E-state index in [1.807, 2.05) is 5.38 Å². The zero-order chi connectivity index (χ0) is 9.10. The largest absolute Gasteiger partial charge is 0.386 e. The predicted octanol–water partition coefficient (Wildman–Crippen LogP) is 2.76. The zero-order valence-electron chi connectivity index (χ0n) is 7.65. The minimum atomic E-state index is -0.317. The number of aliphatic hydroxyl groups excluding tert-OH is 1. The van der Waals surface area contributed by atoms with Crippen molar-refractivity contribution in [2.24, 2.45) is 5.92 Å². The van der Waals surface area contributed by atoms with Gasteiger partial charge in [-0.3, -0.25) is 0 Å². The van der Waals surface area contributed by atoms with Crippen molar-refractivity contribution in [2.45, 2.75) is 38.2 Å². The number of hydrogen-bond acceptors (Lipinski definition) is 3. The lowest BCUT2D eigenvalue weighted by molar-refractivity contribution is 0.144. The molecule has 0 bridgehead atoms. The van der Waals surface area contributed by atoms with E-state index in [9.17, 15) is 5.11 Å². The molecular formula is C10H15NOS. The average Bonchev–Trinajstić information content (AvgIpc) is 2.74. The van der Waals surface area contributed by atoms with Gasteiger partial charge in [0, 0.05) is 11.6 Å². The first-order valence-electron chi connectivity index (χ1n) is 4.93. The first-order valence-corrected chi connectivity index (χ1v) is 5.81. The van der Waals surface area contributed by atoms with Gasteiger partial charge in [0.05, 0.1) is 0 Å². The normalized spacial score (nSPS) is 20.7. The molecule has 2 rings (SSSR count). The van der Waals surface area contributed by atoms with Crippen LogP contribution >= 0.6 is 11.3 Å². The number of aromatic nitrogens is 1. The van der Waals surface area contributed by atoms with Crippen molar-refractivity contribution >= 4 is 11.3 Å². The Morgan fingerprint density at radius 1 is 1.54 bits per heavy atom. The topological polar surface area (TPSA) is 33.1 Å². The molecule has 0 amide bonds. The lowest BCUT2D eigenvalue weighted by atomic mass is 10.0. The van der Waals surface area contributed by atoms with Crippen molar-refractivity contribution in [2.75, 3.05) is 0 Å². The van der Waals surface area contributed by atoms with Gasteiger partial charge in [-0.15, -0.1) is 11.3 Å². The Hall–Kier alpha value is -0.410. The van der Waals surface area contributed by atoms with E-state index in [1.54, 1.807) is 17.5 Å². The van der Waals surface area contributed by atoms with Gasteiger partial charge in [-0.25, -0.2) is 4.98 Å². The highest BCUT2D eigenvalue weighted by Crippen LogP contribution is 2.33. The predicted molar refractivity (Wildman–Crippen MR) is 53.6 cm³/mol. The third-order valence-corrected chi connectivity index (χ3v) is 3.64. The van der Waals surface area contributed by atoms with Gasteiger partial charge in [-0.1, -0.05) is 25.7 Å². The van der Waals surface area contributed by atoms with E-state index in [4.69, 9.17) is 0 Å². The van der Waals surface area contributed by atoms with Crippen LogP contribution < -0.4 is 0 Å². The molecule has 3 heteroatoms. The fourth-order valence-electron chi connectivity index (χ4n) is 2.06. The van der Waals surface area contributed by atoms with Crippen LogP contribution in [-0.4, -0.2) is 10.1 Å². The highest BCUT2D eigenvalue weighted by Gasteiger charge is 2.20. The molecule has 1 saturated carbocycles. The van der Waals surface area contributed by atoms with Crippen molar-refractivity contribution in [3.8, 4) is 0 Å². The molecule has 1 unspecified atom stereocenters. The summed E-state index contributed by atoms with van der Waals surface area (Å²) in [5, 5.41) is 12.6. The molecule has 1 aromatic heterocycles. The van der Waals surface area contributed by atoms with Crippen molar-refractivity contribution in [1.29, 1.82) is 0 Å². The summed E-state index contributed by atoms with van der Waals surface area (Å²) in [6, 6.07) is 0. The maximum Gasteiger partial charge on any atom is 0.121 e. The summed E-state index contributed by atoms with van der Waals surface area (Å²) in [6.07, 6.45) is 7.63. The first kappa shape index (κ1) is 9.16. The van der Waals surface area contributed by atoms with Crippen LogP contribution in [0.2, 0.25) is 0 Å². The second-order valence-electron chi connectivity index (χ2n) is 3.77. The number of aliphatic hydroxyl groups is 1. The van der Waals surface area contributed by atoms with E-state index in [-0.39, 0.29) is 6.10 Å². The van der Waals surface area contributed by atoms with Crippen LogP contribution in [0, 0.1) is 5.92 Å². The number of nitrogens with zero attached hydrogens (tertiary/aromatic N) is 1. The molecule has 0 saturated heterocycles. The highest BCUT2D eigenvalue weighted by atomic mass is 32.1. The Labute approximate surface area is 82.6 Å². The van der Waals surface area contributed by atoms with Gasteiger partial charge in [-0.05, 0) is 12.3 Å². The van der Waals surface area contributed by atoms with Crippen LogP contribution in [0.5, 0.6) is 0 Å². The smallest absolute Gasteiger partial charge is 0.121 e. The molecule has 1 N–H and O–H groups in total. The van der Waals surface area contributed by atoms with E-state index >= 15 is 0 Å². The molecule has 13 heavy (non-hydrogen) atoms. The fraction of sp³-hybridized carbons (Fsp3) is 0.700. The molecule has 2 nitrogen and oxygen atoms in total. The molecular weight excluding hydrogens is 182 g/mol. The third-order valence-electron chi connectivity index (χ3n) is 2.77. The van der Waals surface area contributed by atoms with Crippen LogP contribution in [0.3, 0.4) is 0 Å². The molecule has 1 heterocycles. The van der Waals surface area contributed by atoms with Crippen molar-refractivity contribution < 1.29 is 5.11 Å². The SMILES string of the molecule is OC(CC1CCCC1)c1nccs1. The molecule has 1 aliphatic rings. The lowest BCUT2D eigenvalue weighted by Gasteiger charge is -2.12.